The number of benzene rings is 3. The van der Waals surface area contributed by atoms with Gasteiger partial charge in [0.2, 0.25) is 0 Å². The zero-order valence-electron chi connectivity index (χ0n) is 14.5. The van der Waals surface area contributed by atoms with E-state index in [4.69, 9.17) is 0 Å². The van der Waals surface area contributed by atoms with E-state index in [-0.39, 0.29) is 0 Å². The van der Waals surface area contributed by atoms with Gasteiger partial charge in [-0.2, -0.15) is 0 Å². The smallest absolute Gasteiger partial charge is 0.171 e. The molecule has 3 aromatic carbocycles. The number of phenols is 1. The molecule has 1 N–H and O–H groups in total. The Kier molecular flexibility index (Phi) is 4.85. The number of hydrogen-bond acceptors (Lipinski definition) is 2. The SMILES string of the molecule is Cc1cc(-c2ccccc2)cc(C(=O)Cc2c(F)ccc(O)c2F)c1C. The number of aryl methyl sites for hydroxylation is 1. The van der Waals surface area contributed by atoms with E-state index in [2.05, 4.69) is 0 Å². The minimum Gasteiger partial charge on any atom is -0.505 e. The molecule has 4 heteroatoms. The Morgan fingerprint density at radius 1 is 0.962 bits per heavy atom. The van der Waals surface area contributed by atoms with E-state index in [1.807, 2.05) is 50.2 Å². The van der Waals surface area contributed by atoms with Gasteiger partial charge in [0, 0.05) is 17.5 Å². The van der Waals surface area contributed by atoms with Crippen molar-refractivity contribution in [1.82, 2.24) is 0 Å². The van der Waals surface area contributed by atoms with Gasteiger partial charge in [-0.3, -0.25) is 4.79 Å². The van der Waals surface area contributed by atoms with Crippen molar-refractivity contribution in [3.05, 3.63) is 88.5 Å². The Bertz CT molecular complexity index is 979. The molecule has 0 amide bonds. The van der Waals surface area contributed by atoms with E-state index in [1.165, 1.54) is 0 Å². The maximum absolute atomic E-state index is 14.0. The van der Waals surface area contributed by atoms with Crippen LogP contribution < -0.4 is 0 Å². The second-order valence-electron chi connectivity index (χ2n) is 6.29. The Hall–Kier alpha value is -3.01. The van der Waals surface area contributed by atoms with Crippen molar-refractivity contribution < 1.29 is 18.7 Å². The molecule has 3 rings (SSSR count). The predicted molar refractivity (Wildman–Crippen MR) is 97.4 cm³/mol. The summed E-state index contributed by atoms with van der Waals surface area (Å²) in [6.45, 7) is 3.71. The Labute approximate surface area is 150 Å². The summed E-state index contributed by atoms with van der Waals surface area (Å²) < 4.78 is 27.9. The van der Waals surface area contributed by atoms with Crippen molar-refractivity contribution >= 4 is 5.78 Å². The van der Waals surface area contributed by atoms with Gasteiger partial charge in [0.05, 0.1) is 0 Å². The third-order valence-corrected chi connectivity index (χ3v) is 4.58. The van der Waals surface area contributed by atoms with E-state index in [9.17, 15) is 18.7 Å². The standard InChI is InChI=1S/C22H18F2O2/c1-13-10-16(15-6-4-3-5-7-15)11-17(14(13)2)21(26)12-18-19(23)8-9-20(25)22(18)24/h3-11,25H,12H2,1-2H3. The number of phenolic OH excluding ortho intramolecular Hbond substituents is 1. The minimum absolute atomic E-state index is 0.396. The van der Waals surface area contributed by atoms with Crippen LogP contribution in [0.1, 0.15) is 27.0 Å². The van der Waals surface area contributed by atoms with Gasteiger partial charge in [-0.15, -0.1) is 0 Å². The largest absolute Gasteiger partial charge is 0.505 e. The average molecular weight is 352 g/mol. The maximum atomic E-state index is 14.0. The van der Waals surface area contributed by atoms with Crippen LogP contribution in [0.3, 0.4) is 0 Å². The van der Waals surface area contributed by atoms with E-state index >= 15 is 0 Å². The van der Waals surface area contributed by atoms with Crippen LogP contribution >= 0.6 is 0 Å². The van der Waals surface area contributed by atoms with Crippen LogP contribution in [0, 0.1) is 25.5 Å². The van der Waals surface area contributed by atoms with E-state index in [0.717, 1.165) is 34.4 Å². The minimum atomic E-state index is -1.09. The molecular formula is C22H18F2O2. The lowest BCUT2D eigenvalue weighted by atomic mass is 9.91. The van der Waals surface area contributed by atoms with E-state index in [0.29, 0.717) is 5.56 Å². The first kappa shape index (κ1) is 17.8. The van der Waals surface area contributed by atoms with Crippen molar-refractivity contribution in [3.63, 3.8) is 0 Å². The third kappa shape index (κ3) is 3.36. The second-order valence-corrected chi connectivity index (χ2v) is 6.29. The fourth-order valence-corrected chi connectivity index (χ4v) is 2.95. The van der Waals surface area contributed by atoms with Gasteiger partial charge in [-0.05, 0) is 54.3 Å². The molecule has 0 aliphatic rings. The van der Waals surface area contributed by atoms with Crippen molar-refractivity contribution in [2.24, 2.45) is 0 Å². The molecule has 0 radical (unpaired) electrons. The predicted octanol–water partition coefficient (Wildman–Crippen LogP) is 5.38. The van der Waals surface area contributed by atoms with Crippen molar-refractivity contribution in [2.45, 2.75) is 20.3 Å². The molecule has 26 heavy (non-hydrogen) atoms. The number of rotatable bonds is 4. The van der Waals surface area contributed by atoms with Gasteiger partial charge in [0.15, 0.2) is 17.3 Å². The van der Waals surface area contributed by atoms with Gasteiger partial charge in [0.1, 0.15) is 5.82 Å². The summed E-state index contributed by atoms with van der Waals surface area (Å²) in [5.74, 6) is -3.00. The van der Waals surface area contributed by atoms with Crippen molar-refractivity contribution in [1.29, 1.82) is 0 Å². The first-order valence-electron chi connectivity index (χ1n) is 8.24. The number of aromatic hydroxyl groups is 1. The molecule has 0 aliphatic heterocycles. The number of halogens is 2. The zero-order chi connectivity index (χ0) is 18.8. The van der Waals surface area contributed by atoms with Gasteiger partial charge in [-0.1, -0.05) is 36.4 Å². The van der Waals surface area contributed by atoms with Crippen LogP contribution in [0.15, 0.2) is 54.6 Å². The Balaban J connectivity index is 2.03. The van der Waals surface area contributed by atoms with Crippen molar-refractivity contribution in [3.8, 4) is 16.9 Å². The number of ketones is 1. The normalized spacial score (nSPS) is 10.8. The average Bonchev–Trinajstić information content (AvgIpc) is 2.64. The number of carbonyl (C=O) groups excluding carboxylic acids is 1. The number of hydrogen-bond donors (Lipinski definition) is 1. The van der Waals surface area contributed by atoms with E-state index in [1.54, 1.807) is 6.07 Å². The number of Topliss-reactive ketones (excluding diaryl/α,β-unsaturated/α-hetero) is 1. The molecule has 0 unspecified atom stereocenters. The summed E-state index contributed by atoms with van der Waals surface area (Å²) in [6, 6.07) is 15.2. The summed E-state index contributed by atoms with van der Waals surface area (Å²) in [7, 11) is 0. The highest BCUT2D eigenvalue weighted by molar-refractivity contribution is 6.00. The Morgan fingerprint density at radius 3 is 2.35 bits per heavy atom. The molecule has 0 bridgehead atoms. The second kappa shape index (κ2) is 7.08. The lowest BCUT2D eigenvalue weighted by molar-refractivity contribution is 0.0990. The lowest BCUT2D eigenvalue weighted by Gasteiger charge is -2.13. The molecule has 0 saturated carbocycles. The fourth-order valence-electron chi connectivity index (χ4n) is 2.95. The highest BCUT2D eigenvalue weighted by Crippen LogP contribution is 2.28. The highest BCUT2D eigenvalue weighted by atomic mass is 19.1. The van der Waals surface area contributed by atoms with Crippen LogP contribution in [-0.2, 0) is 6.42 Å². The molecule has 3 aromatic rings. The highest BCUT2D eigenvalue weighted by Gasteiger charge is 2.20. The van der Waals surface area contributed by atoms with Gasteiger partial charge >= 0.3 is 0 Å². The van der Waals surface area contributed by atoms with Crippen LogP contribution in [0.25, 0.3) is 11.1 Å². The molecular weight excluding hydrogens is 334 g/mol. The molecule has 0 aromatic heterocycles. The fraction of sp³-hybridized carbons (Fsp3) is 0.136. The summed E-state index contributed by atoms with van der Waals surface area (Å²) >= 11 is 0. The first-order chi connectivity index (χ1) is 12.4. The van der Waals surface area contributed by atoms with Gasteiger partial charge < -0.3 is 5.11 Å². The van der Waals surface area contributed by atoms with Crippen LogP contribution in [0.2, 0.25) is 0 Å². The third-order valence-electron chi connectivity index (χ3n) is 4.58. The van der Waals surface area contributed by atoms with Crippen LogP contribution in [-0.4, -0.2) is 10.9 Å². The zero-order valence-corrected chi connectivity index (χ0v) is 14.5. The topological polar surface area (TPSA) is 37.3 Å². The van der Waals surface area contributed by atoms with Crippen LogP contribution in [0.4, 0.5) is 8.78 Å². The quantitative estimate of drug-likeness (QED) is 0.640. The monoisotopic (exact) mass is 352 g/mol. The number of carbonyl (C=O) groups is 1. The molecule has 0 atom stereocenters. The van der Waals surface area contributed by atoms with Crippen molar-refractivity contribution in [2.75, 3.05) is 0 Å². The molecule has 0 fully saturated rings. The maximum Gasteiger partial charge on any atom is 0.171 e. The summed E-state index contributed by atoms with van der Waals surface area (Å²) in [5, 5.41) is 9.45. The molecule has 132 valence electrons. The van der Waals surface area contributed by atoms with Crippen LogP contribution in [0.5, 0.6) is 5.75 Å². The first-order valence-corrected chi connectivity index (χ1v) is 8.24. The van der Waals surface area contributed by atoms with E-state index < -0.39 is 35.2 Å². The lowest BCUT2D eigenvalue weighted by Crippen LogP contribution is -2.10. The van der Waals surface area contributed by atoms with Gasteiger partial charge in [-0.25, -0.2) is 8.78 Å². The molecule has 2 nitrogen and oxygen atoms in total. The Morgan fingerprint density at radius 2 is 1.65 bits per heavy atom. The molecule has 0 aliphatic carbocycles. The summed E-state index contributed by atoms with van der Waals surface area (Å²) in [4.78, 5) is 12.8. The summed E-state index contributed by atoms with van der Waals surface area (Å²) in [5.41, 5.74) is 3.53. The van der Waals surface area contributed by atoms with Gasteiger partial charge in [0.25, 0.3) is 0 Å². The molecule has 0 heterocycles. The molecule has 0 spiro atoms. The molecule has 0 saturated heterocycles. The summed E-state index contributed by atoms with van der Waals surface area (Å²) in [6.07, 6.45) is -0.454.